The molecule has 8 fully saturated rings. The van der Waals surface area contributed by atoms with Crippen molar-refractivity contribution in [3.63, 3.8) is 0 Å². The summed E-state index contributed by atoms with van der Waals surface area (Å²) in [5.74, 6) is 1.61. The van der Waals surface area contributed by atoms with Crippen LogP contribution in [0.1, 0.15) is 86.5 Å². The molecule has 0 aromatic carbocycles. The van der Waals surface area contributed by atoms with E-state index in [4.69, 9.17) is 23.7 Å². The van der Waals surface area contributed by atoms with Crippen LogP contribution in [0.3, 0.4) is 0 Å². The standard InChI is InChI=1S/C30H44O7/c1-14-11-30(37-26(14,3)4)28(6)24-21(35-30)10-18-17-8-7-16-9-20(33-15(2)31)19(32)12-27(16,5)23(17)22-13-29(18,24)25(34-22)36-28/h14,16-25,32H,7-13H2,1-6H3/t14-,16-,17-,18-,19+,20-,21-,22-,23+,24+,25+,27-,28+,29+,30-/m0/s1. The fourth-order valence-corrected chi connectivity index (χ4v) is 11.9. The predicted octanol–water partition coefficient (Wildman–Crippen LogP) is 4.19. The van der Waals surface area contributed by atoms with Crippen molar-refractivity contribution >= 4 is 5.97 Å². The van der Waals surface area contributed by atoms with Gasteiger partial charge in [0.1, 0.15) is 11.7 Å². The van der Waals surface area contributed by atoms with Gasteiger partial charge in [-0.15, -0.1) is 0 Å². The Morgan fingerprint density at radius 1 is 1.00 bits per heavy atom. The molecule has 4 saturated heterocycles. The zero-order chi connectivity index (χ0) is 25.9. The molecule has 206 valence electrons. The van der Waals surface area contributed by atoms with E-state index in [0.29, 0.717) is 41.9 Å². The molecule has 2 spiro atoms. The van der Waals surface area contributed by atoms with Gasteiger partial charge in [-0.05, 0) is 94.3 Å². The lowest BCUT2D eigenvalue weighted by Crippen LogP contribution is -2.60. The second kappa shape index (κ2) is 6.94. The number of rotatable bonds is 1. The zero-order valence-electron chi connectivity index (χ0n) is 23.2. The molecule has 0 aromatic rings. The van der Waals surface area contributed by atoms with E-state index < -0.39 is 17.5 Å². The van der Waals surface area contributed by atoms with Crippen LogP contribution in [0.4, 0.5) is 0 Å². The third-order valence-electron chi connectivity index (χ3n) is 13.5. The summed E-state index contributed by atoms with van der Waals surface area (Å²) in [6, 6.07) is 0. The lowest BCUT2D eigenvalue weighted by atomic mass is 9.44. The Kier molecular flexibility index (Phi) is 4.52. The summed E-state index contributed by atoms with van der Waals surface area (Å²) in [7, 11) is 0. The van der Waals surface area contributed by atoms with Crippen LogP contribution >= 0.6 is 0 Å². The number of esters is 1. The van der Waals surface area contributed by atoms with Crippen molar-refractivity contribution in [1.29, 1.82) is 0 Å². The van der Waals surface area contributed by atoms with Gasteiger partial charge in [0.05, 0.1) is 23.9 Å². The number of carbonyl (C=O) groups excluding carboxylic acids is 1. The number of aliphatic hydroxyl groups is 1. The first kappa shape index (κ1) is 24.1. The molecule has 4 saturated carbocycles. The predicted molar refractivity (Wildman–Crippen MR) is 132 cm³/mol. The molecule has 8 rings (SSSR count). The second-order valence-corrected chi connectivity index (χ2v) is 15.2. The fraction of sp³-hybridized carbons (Fsp3) is 0.967. The molecule has 15 atom stereocenters. The summed E-state index contributed by atoms with van der Waals surface area (Å²) in [6.07, 6.45) is 5.80. The topological polar surface area (TPSA) is 83.5 Å². The lowest BCUT2D eigenvalue weighted by molar-refractivity contribution is -0.319. The SMILES string of the molecule is CC(=O)O[C@H]1C[C@@H]2CC[C@@H]3[C@H]([C@@H]4C[C@]56[C@H](O4)O[C@]4(C)[C@H]5[C@H](C[C@@H]36)O[C@]43C[C@H](C)C(C)(C)O3)[C@@]2(C)C[C@H]1O. The van der Waals surface area contributed by atoms with Crippen molar-refractivity contribution in [3.8, 4) is 0 Å². The van der Waals surface area contributed by atoms with Crippen LogP contribution < -0.4 is 0 Å². The van der Waals surface area contributed by atoms with E-state index in [0.717, 1.165) is 32.1 Å². The maximum Gasteiger partial charge on any atom is 0.302 e. The Morgan fingerprint density at radius 3 is 2.49 bits per heavy atom. The molecular formula is C30H44O7. The summed E-state index contributed by atoms with van der Waals surface area (Å²) in [4.78, 5) is 11.7. The summed E-state index contributed by atoms with van der Waals surface area (Å²) < 4.78 is 33.4. The van der Waals surface area contributed by atoms with E-state index in [1.165, 1.54) is 13.3 Å². The van der Waals surface area contributed by atoms with Crippen molar-refractivity contribution in [2.75, 3.05) is 0 Å². The van der Waals surface area contributed by atoms with Crippen LogP contribution in [-0.2, 0) is 28.5 Å². The van der Waals surface area contributed by atoms with E-state index in [-0.39, 0.29) is 47.0 Å². The quantitative estimate of drug-likeness (QED) is 0.523. The minimum absolute atomic E-state index is 0.00480. The molecule has 37 heavy (non-hydrogen) atoms. The van der Waals surface area contributed by atoms with Crippen LogP contribution in [0.5, 0.6) is 0 Å². The summed E-state index contributed by atoms with van der Waals surface area (Å²) >= 11 is 0. The summed E-state index contributed by atoms with van der Waals surface area (Å²) in [6.45, 7) is 12.7. The number of carbonyl (C=O) groups is 1. The van der Waals surface area contributed by atoms with E-state index in [2.05, 4.69) is 34.6 Å². The molecule has 1 N–H and O–H groups in total. The van der Waals surface area contributed by atoms with Gasteiger partial charge in [0.2, 0.25) is 0 Å². The average Bonchev–Trinajstić information content (AvgIpc) is 3.47. The Hall–Kier alpha value is -0.730. The first-order valence-corrected chi connectivity index (χ1v) is 14.9. The van der Waals surface area contributed by atoms with Gasteiger partial charge in [-0.1, -0.05) is 13.8 Å². The molecule has 7 nitrogen and oxygen atoms in total. The van der Waals surface area contributed by atoms with Crippen LogP contribution in [0.15, 0.2) is 0 Å². The molecule has 8 aliphatic rings. The summed E-state index contributed by atoms with van der Waals surface area (Å²) in [5, 5.41) is 11.1. The molecule has 4 heterocycles. The van der Waals surface area contributed by atoms with Gasteiger partial charge in [0, 0.05) is 24.7 Å². The molecule has 0 radical (unpaired) electrons. The molecule has 7 heteroatoms. The highest BCUT2D eigenvalue weighted by Crippen LogP contribution is 2.80. The normalized spacial score (nSPS) is 63.9. The zero-order valence-corrected chi connectivity index (χ0v) is 23.2. The third kappa shape index (κ3) is 2.61. The van der Waals surface area contributed by atoms with Gasteiger partial charge in [-0.25, -0.2) is 0 Å². The average molecular weight is 517 g/mol. The van der Waals surface area contributed by atoms with Crippen LogP contribution in [0.2, 0.25) is 0 Å². The van der Waals surface area contributed by atoms with Gasteiger partial charge in [0.15, 0.2) is 12.1 Å². The maximum atomic E-state index is 11.7. The monoisotopic (exact) mass is 516 g/mol. The number of ether oxygens (including phenoxy) is 5. The van der Waals surface area contributed by atoms with Crippen LogP contribution in [0, 0.1) is 46.3 Å². The van der Waals surface area contributed by atoms with Gasteiger partial charge < -0.3 is 28.8 Å². The Labute approximate surface area is 220 Å². The van der Waals surface area contributed by atoms with E-state index in [1.807, 2.05) is 0 Å². The largest absolute Gasteiger partial charge is 0.460 e. The Balaban J connectivity index is 1.13. The van der Waals surface area contributed by atoms with Crippen molar-refractivity contribution in [2.24, 2.45) is 46.3 Å². The van der Waals surface area contributed by atoms with Crippen LogP contribution in [-0.4, -0.2) is 58.8 Å². The first-order valence-electron chi connectivity index (χ1n) is 14.9. The number of hydrogen-bond donors (Lipinski definition) is 1. The van der Waals surface area contributed by atoms with Crippen molar-refractivity contribution < 1.29 is 33.6 Å². The molecule has 0 amide bonds. The number of hydrogen-bond acceptors (Lipinski definition) is 7. The highest BCUT2D eigenvalue weighted by Gasteiger charge is 2.87. The highest BCUT2D eigenvalue weighted by atomic mass is 16.8. The minimum atomic E-state index is -0.687. The molecule has 0 unspecified atom stereocenters. The van der Waals surface area contributed by atoms with Gasteiger partial charge >= 0.3 is 5.97 Å². The van der Waals surface area contributed by atoms with Crippen LogP contribution in [0.25, 0.3) is 0 Å². The van der Waals surface area contributed by atoms with E-state index >= 15 is 0 Å². The van der Waals surface area contributed by atoms with Gasteiger partial charge in [-0.2, -0.15) is 0 Å². The Morgan fingerprint density at radius 2 is 1.78 bits per heavy atom. The lowest BCUT2D eigenvalue weighted by Gasteiger charge is -2.61. The first-order chi connectivity index (χ1) is 17.3. The molecule has 0 aromatic heterocycles. The van der Waals surface area contributed by atoms with Gasteiger partial charge in [0.25, 0.3) is 0 Å². The smallest absolute Gasteiger partial charge is 0.302 e. The van der Waals surface area contributed by atoms with Crippen molar-refractivity contribution in [1.82, 2.24) is 0 Å². The van der Waals surface area contributed by atoms with Crippen molar-refractivity contribution in [2.45, 2.75) is 134 Å². The fourth-order valence-electron chi connectivity index (χ4n) is 11.9. The molecule has 4 aliphatic heterocycles. The second-order valence-electron chi connectivity index (χ2n) is 15.2. The van der Waals surface area contributed by atoms with E-state index in [1.54, 1.807) is 0 Å². The van der Waals surface area contributed by atoms with Crippen molar-refractivity contribution in [3.05, 3.63) is 0 Å². The van der Waals surface area contributed by atoms with Gasteiger partial charge in [-0.3, -0.25) is 4.79 Å². The van der Waals surface area contributed by atoms with E-state index in [9.17, 15) is 9.90 Å². The molecule has 4 aliphatic carbocycles. The molecule has 2 bridgehead atoms. The molecular weight excluding hydrogens is 472 g/mol. The summed E-state index contributed by atoms with van der Waals surface area (Å²) in [5.41, 5.74) is -0.748. The third-order valence-corrected chi connectivity index (χ3v) is 13.5. The minimum Gasteiger partial charge on any atom is -0.460 e. The number of aliphatic hydroxyl groups excluding tert-OH is 1. The number of fused-ring (bicyclic) bond motifs is 7. The highest BCUT2D eigenvalue weighted by molar-refractivity contribution is 5.66. The maximum absolute atomic E-state index is 11.7. The Bertz CT molecular complexity index is 1040.